The molecule has 0 aliphatic rings. The molecule has 18 heavy (non-hydrogen) atoms. The van der Waals surface area contributed by atoms with Gasteiger partial charge in [-0.25, -0.2) is 0 Å². The van der Waals surface area contributed by atoms with E-state index in [2.05, 4.69) is 5.32 Å². The molecule has 0 fully saturated rings. The second kappa shape index (κ2) is 6.73. The Morgan fingerprint density at radius 1 is 1.28 bits per heavy atom. The molecule has 0 heterocycles. The number of likely N-dealkylation sites (N-methyl/N-ethyl adjacent to an activating group) is 1. The van der Waals surface area contributed by atoms with E-state index in [1.54, 1.807) is 27.9 Å². The van der Waals surface area contributed by atoms with Crippen molar-refractivity contribution >= 4 is 11.8 Å². The smallest absolute Gasteiger partial charge is 0.244 e. The molecule has 3 N–H and O–H groups in total. The van der Waals surface area contributed by atoms with Crippen molar-refractivity contribution in [3.8, 4) is 0 Å². The maximum atomic E-state index is 12.1. The van der Waals surface area contributed by atoms with Crippen molar-refractivity contribution in [2.75, 3.05) is 20.6 Å². The van der Waals surface area contributed by atoms with Crippen LogP contribution in [-0.2, 0) is 9.59 Å². The fraction of sp³-hybridized carbons (Fsp3) is 0.846. The van der Waals surface area contributed by atoms with Crippen LogP contribution < -0.4 is 11.1 Å². The van der Waals surface area contributed by atoms with Gasteiger partial charge in [0.1, 0.15) is 6.04 Å². The summed E-state index contributed by atoms with van der Waals surface area (Å²) >= 11 is 0. The van der Waals surface area contributed by atoms with E-state index in [9.17, 15) is 9.59 Å². The van der Waals surface area contributed by atoms with Gasteiger partial charge in [-0.15, -0.1) is 0 Å². The summed E-state index contributed by atoms with van der Waals surface area (Å²) in [5.41, 5.74) is 4.91. The van der Waals surface area contributed by atoms with Crippen molar-refractivity contribution in [2.24, 2.45) is 17.1 Å². The van der Waals surface area contributed by atoms with Gasteiger partial charge in [-0.1, -0.05) is 13.8 Å². The minimum Gasteiger partial charge on any atom is -0.347 e. The highest BCUT2D eigenvalue weighted by Gasteiger charge is 2.31. The molecule has 0 aliphatic heterocycles. The van der Waals surface area contributed by atoms with Crippen LogP contribution in [0.15, 0.2) is 0 Å². The summed E-state index contributed by atoms with van der Waals surface area (Å²) in [4.78, 5) is 25.6. The third-order valence-electron chi connectivity index (χ3n) is 2.88. The molecule has 0 aliphatic carbocycles. The summed E-state index contributed by atoms with van der Waals surface area (Å²) in [7, 11) is 3.38. The van der Waals surface area contributed by atoms with Crippen molar-refractivity contribution in [1.82, 2.24) is 10.2 Å². The van der Waals surface area contributed by atoms with Gasteiger partial charge >= 0.3 is 0 Å². The Hall–Kier alpha value is -1.10. The Kier molecular flexibility index (Phi) is 6.32. The second-order valence-electron chi connectivity index (χ2n) is 5.98. The van der Waals surface area contributed by atoms with Crippen LogP contribution in [0, 0.1) is 11.3 Å². The molecular formula is C13H27N3O2. The molecule has 0 radical (unpaired) electrons. The Morgan fingerprint density at radius 3 is 2.11 bits per heavy atom. The predicted molar refractivity (Wildman–Crippen MR) is 72.9 cm³/mol. The molecule has 0 aromatic heterocycles. The number of hydrogen-bond acceptors (Lipinski definition) is 3. The third-order valence-corrected chi connectivity index (χ3v) is 2.88. The molecule has 1 unspecified atom stereocenters. The summed E-state index contributed by atoms with van der Waals surface area (Å²) < 4.78 is 0. The maximum Gasteiger partial charge on any atom is 0.244 e. The Labute approximate surface area is 110 Å². The molecule has 5 heteroatoms. The maximum absolute atomic E-state index is 12.1. The van der Waals surface area contributed by atoms with Crippen molar-refractivity contribution in [3.63, 3.8) is 0 Å². The fourth-order valence-corrected chi connectivity index (χ4v) is 1.45. The molecular weight excluding hydrogens is 230 g/mol. The van der Waals surface area contributed by atoms with E-state index in [-0.39, 0.29) is 18.4 Å². The monoisotopic (exact) mass is 257 g/mol. The normalized spacial score (nSPS) is 13.3. The number of nitrogens with zero attached hydrogens (tertiary/aromatic N) is 1. The van der Waals surface area contributed by atoms with E-state index in [1.807, 2.05) is 13.8 Å². The fourth-order valence-electron chi connectivity index (χ4n) is 1.45. The van der Waals surface area contributed by atoms with Crippen LogP contribution in [0.2, 0.25) is 0 Å². The average molecular weight is 257 g/mol. The zero-order valence-corrected chi connectivity index (χ0v) is 12.4. The van der Waals surface area contributed by atoms with E-state index in [0.717, 1.165) is 0 Å². The van der Waals surface area contributed by atoms with Gasteiger partial charge in [0.25, 0.3) is 0 Å². The minimum atomic E-state index is -0.651. The molecule has 106 valence electrons. The van der Waals surface area contributed by atoms with E-state index < -0.39 is 11.5 Å². The van der Waals surface area contributed by atoms with Gasteiger partial charge in [-0.3, -0.25) is 9.59 Å². The highest BCUT2D eigenvalue weighted by Crippen LogP contribution is 2.15. The zero-order valence-electron chi connectivity index (χ0n) is 12.4. The van der Waals surface area contributed by atoms with Crippen molar-refractivity contribution in [3.05, 3.63) is 0 Å². The first-order valence-corrected chi connectivity index (χ1v) is 6.34. The summed E-state index contributed by atoms with van der Waals surface area (Å²) in [6.45, 7) is 7.85. The summed E-state index contributed by atoms with van der Waals surface area (Å²) in [6.07, 6.45) is 0.628. The van der Waals surface area contributed by atoms with Crippen LogP contribution >= 0.6 is 0 Å². The molecule has 0 rings (SSSR count). The van der Waals surface area contributed by atoms with Crippen molar-refractivity contribution in [1.29, 1.82) is 0 Å². The first-order chi connectivity index (χ1) is 8.11. The lowest BCUT2D eigenvalue weighted by Crippen LogP contribution is -2.52. The van der Waals surface area contributed by atoms with Crippen LogP contribution in [0.4, 0.5) is 0 Å². The van der Waals surface area contributed by atoms with Crippen LogP contribution in [0.25, 0.3) is 0 Å². The average Bonchev–Trinajstić information content (AvgIpc) is 2.26. The SMILES string of the molecule is CC(C)CC(NC(=O)C(C)(C)CN)C(=O)N(C)C. The molecule has 0 saturated heterocycles. The quantitative estimate of drug-likeness (QED) is 0.731. The minimum absolute atomic E-state index is 0.0788. The largest absolute Gasteiger partial charge is 0.347 e. The summed E-state index contributed by atoms with van der Waals surface area (Å²) in [6, 6.07) is -0.474. The highest BCUT2D eigenvalue weighted by atomic mass is 16.2. The zero-order chi connectivity index (χ0) is 14.5. The molecule has 0 aromatic rings. The number of nitrogens with two attached hydrogens (primary N) is 1. The van der Waals surface area contributed by atoms with Crippen LogP contribution in [0.1, 0.15) is 34.1 Å². The third kappa shape index (κ3) is 5.04. The van der Waals surface area contributed by atoms with Gasteiger partial charge in [0, 0.05) is 20.6 Å². The first kappa shape index (κ1) is 16.9. The number of hydrogen-bond donors (Lipinski definition) is 2. The lowest BCUT2D eigenvalue weighted by Gasteiger charge is -2.28. The lowest BCUT2D eigenvalue weighted by molar-refractivity contribution is -0.137. The van der Waals surface area contributed by atoms with Gasteiger partial charge in [0.05, 0.1) is 5.41 Å². The Balaban J connectivity index is 4.80. The highest BCUT2D eigenvalue weighted by molar-refractivity contribution is 5.89. The van der Waals surface area contributed by atoms with Gasteiger partial charge in [-0.2, -0.15) is 0 Å². The molecule has 2 amide bonds. The lowest BCUT2D eigenvalue weighted by atomic mass is 9.91. The summed E-state index contributed by atoms with van der Waals surface area (Å²) in [5, 5.41) is 2.81. The van der Waals surface area contributed by atoms with Crippen LogP contribution in [-0.4, -0.2) is 43.4 Å². The second-order valence-corrected chi connectivity index (χ2v) is 5.98. The molecule has 5 nitrogen and oxygen atoms in total. The molecule has 0 bridgehead atoms. The first-order valence-electron chi connectivity index (χ1n) is 6.34. The van der Waals surface area contributed by atoms with E-state index in [1.165, 1.54) is 4.90 Å². The number of amides is 2. The van der Waals surface area contributed by atoms with Gasteiger partial charge < -0.3 is 16.0 Å². The number of carbonyl (C=O) groups is 2. The number of rotatable bonds is 6. The summed E-state index contributed by atoms with van der Waals surface area (Å²) in [5.74, 6) is 0.0795. The van der Waals surface area contributed by atoms with Crippen LogP contribution in [0.5, 0.6) is 0 Å². The standard InChI is InChI=1S/C13H27N3O2/c1-9(2)7-10(11(17)16(5)6)15-12(18)13(3,4)8-14/h9-10H,7-8,14H2,1-6H3,(H,15,18). The Morgan fingerprint density at radius 2 is 1.78 bits per heavy atom. The van der Waals surface area contributed by atoms with Crippen LogP contribution in [0.3, 0.4) is 0 Å². The van der Waals surface area contributed by atoms with Gasteiger partial charge in [0.15, 0.2) is 0 Å². The van der Waals surface area contributed by atoms with Gasteiger partial charge in [-0.05, 0) is 26.2 Å². The molecule has 0 aromatic carbocycles. The molecule has 0 spiro atoms. The van der Waals surface area contributed by atoms with E-state index in [4.69, 9.17) is 5.73 Å². The predicted octanol–water partition coefficient (Wildman–Crippen LogP) is 0.590. The number of carbonyl (C=O) groups excluding carboxylic acids is 2. The van der Waals surface area contributed by atoms with Gasteiger partial charge in [0.2, 0.25) is 11.8 Å². The van der Waals surface area contributed by atoms with E-state index >= 15 is 0 Å². The molecule has 0 saturated carbocycles. The molecule has 1 atom stereocenters. The van der Waals surface area contributed by atoms with Crippen molar-refractivity contribution in [2.45, 2.75) is 40.2 Å². The van der Waals surface area contributed by atoms with Crippen molar-refractivity contribution < 1.29 is 9.59 Å². The topological polar surface area (TPSA) is 75.4 Å². The van der Waals surface area contributed by atoms with E-state index in [0.29, 0.717) is 12.3 Å². The Bertz CT molecular complexity index is 299. The number of nitrogens with one attached hydrogen (secondary N) is 1.